The van der Waals surface area contributed by atoms with Crippen molar-refractivity contribution in [2.45, 2.75) is 55.6 Å². The fraction of sp³-hybridized carbons (Fsp3) is 0.818. The highest BCUT2D eigenvalue weighted by Crippen LogP contribution is 2.45. The van der Waals surface area contributed by atoms with Crippen LogP contribution < -0.4 is 0 Å². The minimum atomic E-state index is -2.93. The van der Waals surface area contributed by atoms with Crippen LogP contribution in [-0.4, -0.2) is 29.6 Å². The maximum Gasteiger partial charge on any atom is 0.156 e. The second-order valence-corrected chi connectivity index (χ2v) is 7.33. The molecule has 1 N–H and O–H groups in total. The summed E-state index contributed by atoms with van der Waals surface area (Å²) in [6, 6.07) is 0. The average molecular weight is 230 g/mol. The summed E-state index contributed by atoms with van der Waals surface area (Å²) in [6.07, 6.45) is 4.13. The van der Waals surface area contributed by atoms with Crippen molar-refractivity contribution in [2.24, 2.45) is 0 Å². The maximum absolute atomic E-state index is 11.8. The van der Waals surface area contributed by atoms with Gasteiger partial charge >= 0.3 is 0 Å². The number of fused-ring (bicyclic) bond motifs is 2. The van der Waals surface area contributed by atoms with Crippen LogP contribution in [0.3, 0.4) is 0 Å². The van der Waals surface area contributed by atoms with E-state index in [1.165, 1.54) is 0 Å². The van der Waals surface area contributed by atoms with Crippen LogP contribution >= 0.6 is 0 Å². The van der Waals surface area contributed by atoms with Gasteiger partial charge in [0.15, 0.2) is 9.84 Å². The van der Waals surface area contributed by atoms with Crippen molar-refractivity contribution in [3.63, 3.8) is 0 Å². The van der Waals surface area contributed by atoms with Crippen molar-refractivity contribution >= 4 is 9.84 Å². The molecule has 0 saturated carbocycles. The minimum Gasteiger partial charge on any atom is -0.385 e. The lowest BCUT2D eigenvalue weighted by molar-refractivity contribution is 0.0584. The minimum absolute atomic E-state index is 0.309. The molecule has 0 aromatic carbocycles. The molecule has 86 valence electrons. The van der Waals surface area contributed by atoms with E-state index < -0.39 is 15.4 Å². The lowest BCUT2D eigenvalue weighted by Gasteiger charge is -2.37. The molecule has 3 nitrogen and oxygen atoms in total. The monoisotopic (exact) mass is 230 g/mol. The maximum atomic E-state index is 11.8. The Labute approximate surface area is 91.1 Å². The molecule has 0 aromatic rings. The molecule has 0 spiro atoms. The van der Waals surface area contributed by atoms with Crippen LogP contribution in [0.4, 0.5) is 0 Å². The molecule has 4 heteroatoms. The normalized spacial score (nSPS) is 44.3. The van der Waals surface area contributed by atoms with Gasteiger partial charge in [-0.3, -0.25) is 0 Å². The number of rotatable bonds is 1. The quantitative estimate of drug-likeness (QED) is 0.693. The van der Waals surface area contributed by atoms with Crippen molar-refractivity contribution in [2.75, 3.05) is 0 Å². The highest BCUT2D eigenvalue weighted by Gasteiger charge is 2.52. The average Bonchev–Trinajstić information content (AvgIpc) is 2.41. The number of hydrogen-bond donors (Lipinski definition) is 1. The Morgan fingerprint density at radius 3 is 2.20 bits per heavy atom. The molecule has 0 aromatic heterocycles. The third-order valence-electron chi connectivity index (χ3n) is 4.04. The number of sulfone groups is 1. The number of aliphatic hydroxyl groups is 1. The molecule has 15 heavy (non-hydrogen) atoms. The van der Waals surface area contributed by atoms with Gasteiger partial charge in [-0.2, -0.15) is 0 Å². The second kappa shape index (κ2) is 3.32. The van der Waals surface area contributed by atoms with E-state index >= 15 is 0 Å². The first-order valence-corrected chi connectivity index (χ1v) is 7.09. The molecule has 2 atom stereocenters. The van der Waals surface area contributed by atoms with E-state index in [0.717, 1.165) is 18.4 Å². The largest absolute Gasteiger partial charge is 0.385 e. The Kier molecular flexibility index (Phi) is 2.47. The summed E-state index contributed by atoms with van der Waals surface area (Å²) in [5, 5.41) is 9.80. The second-order valence-electron chi connectivity index (χ2n) is 4.82. The summed E-state index contributed by atoms with van der Waals surface area (Å²) in [4.78, 5) is 0. The van der Waals surface area contributed by atoms with Gasteiger partial charge in [0.2, 0.25) is 0 Å². The SMILES string of the molecule is CC=C(C)C1(O)CC2CCC(C1)S2(=O)=O. The Bertz CT molecular complexity index is 374. The van der Waals surface area contributed by atoms with Crippen LogP contribution in [0.5, 0.6) is 0 Å². The van der Waals surface area contributed by atoms with E-state index in [0.29, 0.717) is 12.8 Å². The first-order valence-electron chi connectivity index (χ1n) is 5.48. The van der Waals surface area contributed by atoms with Crippen molar-refractivity contribution < 1.29 is 13.5 Å². The van der Waals surface area contributed by atoms with E-state index in [2.05, 4.69) is 0 Å². The van der Waals surface area contributed by atoms with Crippen LogP contribution in [0, 0.1) is 0 Å². The lowest BCUT2D eigenvalue weighted by Crippen LogP contribution is -2.45. The molecule has 2 fully saturated rings. The summed E-state index contributed by atoms with van der Waals surface area (Å²) in [7, 11) is -2.93. The van der Waals surface area contributed by atoms with Crippen LogP contribution in [-0.2, 0) is 9.84 Å². The standard InChI is InChI=1S/C11H18O3S/c1-3-8(2)11(12)6-9-4-5-10(7-11)15(9,13)14/h3,9-10,12H,4-7H2,1-2H3. The molecule has 2 saturated heterocycles. The molecule has 2 unspecified atom stereocenters. The van der Waals surface area contributed by atoms with Gasteiger partial charge in [0.05, 0.1) is 16.1 Å². The molecule has 2 aliphatic heterocycles. The predicted octanol–water partition coefficient (Wildman–Crippen LogP) is 1.42. The molecule has 2 bridgehead atoms. The molecular formula is C11H18O3S. The summed E-state index contributed by atoms with van der Waals surface area (Å²) < 4.78 is 23.7. The molecule has 0 aliphatic carbocycles. The van der Waals surface area contributed by atoms with Gasteiger partial charge in [-0.25, -0.2) is 8.42 Å². The summed E-state index contributed by atoms with van der Waals surface area (Å²) >= 11 is 0. The Morgan fingerprint density at radius 1 is 1.33 bits per heavy atom. The Morgan fingerprint density at radius 2 is 1.80 bits per heavy atom. The van der Waals surface area contributed by atoms with Crippen LogP contribution in [0.15, 0.2) is 11.6 Å². The van der Waals surface area contributed by atoms with E-state index in [4.69, 9.17) is 0 Å². The highest BCUT2D eigenvalue weighted by atomic mass is 32.2. The van der Waals surface area contributed by atoms with Gasteiger partial charge in [-0.05, 0) is 45.1 Å². The van der Waals surface area contributed by atoms with Gasteiger partial charge in [0.1, 0.15) is 0 Å². The smallest absolute Gasteiger partial charge is 0.156 e. The molecule has 2 aliphatic rings. The van der Waals surface area contributed by atoms with Crippen molar-refractivity contribution in [1.29, 1.82) is 0 Å². The fourth-order valence-electron chi connectivity index (χ4n) is 2.84. The molecule has 0 radical (unpaired) electrons. The summed E-state index contributed by atoms with van der Waals surface area (Å²) in [5.74, 6) is 0. The predicted molar refractivity (Wildman–Crippen MR) is 59.3 cm³/mol. The van der Waals surface area contributed by atoms with E-state index in [1.54, 1.807) is 0 Å². The highest BCUT2D eigenvalue weighted by molar-refractivity contribution is 7.93. The van der Waals surface area contributed by atoms with E-state index in [9.17, 15) is 13.5 Å². The van der Waals surface area contributed by atoms with Crippen LogP contribution in [0.1, 0.15) is 39.5 Å². The van der Waals surface area contributed by atoms with E-state index in [1.807, 2.05) is 19.9 Å². The zero-order chi connectivity index (χ0) is 11.3. The number of hydrogen-bond acceptors (Lipinski definition) is 3. The van der Waals surface area contributed by atoms with E-state index in [-0.39, 0.29) is 10.5 Å². The Hall–Kier alpha value is -0.350. The van der Waals surface area contributed by atoms with Gasteiger partial charge in [0, 0.05) is 0 Å². The zero-order valence-electron chi connectivity index (χ0n) is 9.23. The summed E-state index contributed by atoms with van der Waals surface area (Å²) in [6.45, 7) is 3.77. The topological polar surface area (TPSA) is 54.4 Å². The zero-order valence-corrected chi connectivity index (χ0v) is 10.0. The van der Waals surface area contributed by atoms with Gasteiger partial charge in [-0.1, -0.05) is 6.08 Å². The lowest BCUT2D eigenvalue weighted by atomic mass is 9.86. The van der Waals surface area contributed by atoms with Crippen molar-refractivity contribution in [3.8, 4) is 0 Å². The van der Waals surface area contributed by atoms with Gasteiger partial charge in [0.25, 0.3) is 0 Å². The third-order valence-corrected chi connectivity index (χ3v) is 6.70. The molecule has 2 rings (SSSR count). The number of allylic oxidation sites excluding steroid dienone is 1. The third kappa shape index (κ3) is 1.54. The Balaban J connectivity index is 2.33. The summed E-state index contributed by atoms with van der Waals surface area (Å²) in [5.41, 5.74) is 0.0422. The van der Waals surface area contributed by atoms with Gasteiger partial charge < -0.3 is 5.11 Å². The van der Waals surface area contributed by atoms with Crippen molar-refractivity contribution in [1.82, 2.24) is 0 Å². The van der Waals surface area contributed by atoms with Crippen molar-refractivity contribution in [3.05, 3.63) is 11.6 Å². The van der Waals surface area contributed by atoms with Crippen LogP contribution in [0.2, 0.25) is 0 Å². The molecular weight excluding hydrogens is 212 g/mol. The first-order chi connectivity index (χ1) is 6.90. The van der Waals surface area contributed by atoms with Gasteiger partial charge in [-0.15, -0.1) is 0 Å². The molecule has 0 amide bonds. The fourth-order valence-corrected chi connectivity index (χ4v) is 5.33. The first kappa shape index (κ1) is 11.1. The molecule has 2 heterocycles. The van der Waals surface area contributed by atoms with Crippen LogP contribution in [0.25, 0.3) is 0 Å².